The maximum Gasteiger partial charge on any atom is 0.309 e. The summed E-state index contributed by atoms with van der Waals surface area (Å²) in [6.07, 6.45) is 51.0. The highest BCUT2D eigenvalue weighted by molar-refractivity contribution is 5.72. The Bertz CT molecular complexity index is 1380. The van der Waals surface area contributed by atoms with Gasteiger partial charge in [0.05, 0.1) is 11.8 Å². The van der Waals surface area contributed by atoms with E-state index in [4.69, 9.17) is 23.7 Å². The van der Waals surface area contributed by atoms with Gasteiger partial charge in [-0.05, 0) is 25.7 Å². The molecule has 0 spiro atoms. The molecule has 0 aromatic carbocycles. The Morgan fingerprint density at radius 1 is 0.270 bits per heavy atom. The summed E-state index contributed by atoms with van der Waals surface area (Å²) in [6.45, 7) is 8.21. The summed E-state index contributed by atoms with van der Waals surface area (Å²) in [4.78, 5) is 27.8. The number of aliphatic hydroxyl groups excluding tert-OH is 6. The number of hydrogen-bond acceptors (Lipinski definition) is 13. The van der Waals surface area contributed by atoms with Gasteiger partial charge in [0.25, 0.3) is 0 Å². The van der Waals surface area contributed by atoms with Gasteiger partial charge >= 0.3 is 11.9 Å². The van der Waals surface area contributed by atoms with E-state index < -0.39 is 74.6 Å². The predicted molar refractivity (Wildman–Crippen MR) is 365 cm³/mol. The van der Waals surface area contributed by atoms with E-state index >= 15 is 0 Å². The topological polar surface area (TPSA) is 202 Å². The number of ether oxygens (including phenoxy) is 5. The molecule has 13 nitrogen and oxygen atoms in total. The number of carbonyl (C=O) groups excluding carboxylic acids is 2. The van der Waals surface area contributed by atoms with Crippen LogP contribution in [0.3, 0.4) is 0 Å². The number of rotatable bonds is 64. The molecule has 0 aliphatic carbocycles. The molecule has 0 radical (unpaired) electrons. The van der Waals surface area contributed by atoms with E-state index in [1.807, 2.05) is 0 Å². The molecule has 4 unspecified atom stereocenters. The Kier molecular flexibility index (Phi) is 55.6. The third-order valence-corrected chi connectivity index (χ3v) is 19.7. The van der Waals surface area contributed by atoms with E-state index in [9.17, 15) is 40.2 Å². The third-order valence-electron chi connectivity index (χ3n) is 19.7. The summed E-state index contributed by atoms with van der Waals surface area (Å²) in [5, 5.41) is 66.6. The van der Waals surface area contributed by atoms with Crippen LogP contribution >= 0.6 is 0 Å². The average molecular weight is 1270 g/mol. The van der Waals surface area contributed by atoms with Crippen molar-refractivity contribution in [2.45, 2.75) is 449 Å². The monoisotopic (exact) mass is 1270 g/mol. The van der Waals surface area contributed by atoms with Crippen molar-refractivity contribution in [2.75, 3.05) is 13.2 Å². The van der Waals surface area contributed by atoms with Crippen LogP contribution in [0.5, 0.6) is 0 Å². The Morgan fingerprint density at radius 2 is 0.449 bits per heavy atom. The molecule has 2 aliphatic rings. The van der Waals surface area contributed by atoms with Gasteiger partial charge in [-0.3, -0.25) is 9.59 Å². The van der Waals surface area contributed by atoms with E-state index in [1.54, 1.807) is 0 Å². The van der Waals surface area contributed by atoms with E-state index in [2.05, 4.69) is 27.7 Å². The van der Waals surface area contributed by atoms with Crippen molar-refractivity contribution >= 4 is 11.9 Å². The Morgan fingerprint density at radius 3 is 0.640 bits per heavy atom. The van der Waals surface area contributed by atoms with Crippen LogP contribution in [-0.4, -0.2) is 117 Å². The van der Waals surface area contributed by atoms with Crippen LogP contribution in [0.2, 0.25) is 0 Å². The summed E-state index contributed by atoms with van der Waals surface area (Å²) in [5.41, 5.74) is 0. The SMILES string of the molecule is CCCCCCCCCCCCCCCC(CCCCCCCCCCCCCCC)C(=O)OCC1O[C@H](O[C@H]2OC(COC(=O)C(CCCCCCCCCCCCCCC)CCCCCCCCCCCCCCC)[C@@H](O)[C@H](O)C2O)C(O)[C@@H](O)[C@@H]1O. The summed E-state index contributed by atoms with van der Waals surface area (Å²) in [6, 6.07) is 0. The highest BCUT2D eigenvalue weighted by Gasteiger charge is 2.50. The summed E-state index contributed by atoms with van der Waals surface area (Å²) < 4.78 is 29.6. The summed E-state index contributed by atoms with van der Waals surface area (Å²) in [7, 11) is 0. The fraction of sp³-hybridized carbons (Fsp3) is 0.974. The van der Waals surface area contributed by atoms with Crippen molar-refractivity contribution in [3.8, 4) is 0 Å². The van der Waals surface area contributed by atoms with E-state index in [1.165, 1.54) is 257 Å². The van der Waals surface area contributed by atoms with Gasteiger partial charge in [0, 0.05) is 0 Å². The second kappa shape index (κ2) is 59.1. The second-order valence-corrected chi connectivity index (χ2v) is 27.9. The normalized spacial score (nSPS) is 22.2. The molecule has 2 aliphatic heterocycles. The molecule has 2 heterocycles. The lowest BCUT2D eigenvalue weighted by atomic mass is 9.94. The van der Waals surface area contributed by atoms with Gasteiger partial charge < -0.3 is 54.3 Å². The minimum Gasteiger partial charge on any atom is -0.463 e. The van der Waals surface area contributed by atoms with Crippen molar-refractivity contribution in [1.29, 1.82) is 0 Å². The zero-order valence-corrected chi connectivity index (χ0v) is 58.5. The van der Waals surface area contributed by atoms with Crippen LogP contribution in [0, 0.1) is 11.8 Å². The highest BCUT2D eigenvalue weighted by atomic mass is 16.8. The first-order chi connectivity index (χ1) is 43.5. The molecule has 2 rings (SSSR count). The van der Waals surface area contributed by atoms with E-state index in [0.717, 1.165) is 77.0 Å². The maximum absolute atomic E-state index is 13.9. The number of unbranched alkanes of at least 4 members (excludes halogenated alkanes) is 48. The molecule has 0 aromatic rings. The average Bonchev–Trinajstić information content (AvgIpc) is 2.35. The van der Waals surface area contributed by atoms with Crippen molar-refractivity contribution in [3.63, 3.8) is 0 Å². The van der Waals surface area contributed by atoms with Gasteiger partial charge in [-0.2, -0.15) is 0 Å². The van der Waals surface area contributed by atoms with Gasteiger partial charge in [-0.1, -0.05) is 362 Å². The number of hydrogen-bond donors (Lipinski definition) is 6. The minimum atomic E-state index is -1.82. The van der Waals surface area contributed by atoms with Crippen molar-refractivity contribution in [1.82, 2.24) is 0 Å². The molecule has 89 heavy (non-hydrogen) atoms. The lowest BCUT2D eigenvalue weighted by Crippen LogP contribution is -2.64. The zero-order valence-electron chi connectivity index (χ0n) is 58.5. The number of carbonyl (C=O) groups is 2. The molecule has 528 valence electrons. The van der Waals surface area contributed by atoms with Gasteiger partial charge in [0.15, 0.2) is 12.6 Å². The molecule has 0 bridgehead atoms. The van der Waals surface area contributed by atoms with Crippen LogP contribution in [0.25, 0.3) is 0 Å². The molecular formula is C76H146O13. The molecule has 10 atom stereocenters. The molecule has 2 fully saturated rings. The molecule has 0 aromatic heterocycles. The number of aliphatic hydroxyl groups is 6. The first-order valence-electron chi connectivity index (χ1n) is 38.9. The third kappa shape index (κ3) is 42.6. The van der Waals surface area contributed by atoms with Crippen LogP contribution in [-0.2, 0) is 33.3 Å². The van der Waals surface area contributed by atoms with Crippen molar-refractivity contribution < 1.29 is 63.9 Å². The van der Waals surface area contributed by atoms with E-state index in [-0.39, 0.29) is 23.8 Å². The molecule has 2 saturated heterocycles. The van der Waals surface area contributed by atoms with Crippen molar-refractivity contribution in [3.05, 3.63) is 0 Å². The molecule has 0 saturated carbocycles. The van der Waals surface area contributed by atoms with Gasteiger partial charge in [-0.15, -0.1) is 0 Å². The van der Waals surface area contributed by atoms with Crippen molar-refractivity contribution in [2.24, 2.45) is 11.8 Å². The highest BCUT2D eigenvalue weighted by Crippen LogP contribution is 2.31. The zero-order chi connectivity index (χ0) is 64.6. The smallest absolute Gasteiger partial charge is 0.309 e. The summed E-state index contributed by atoms with van der Waals surface area (Å²) in [5.74, 6) is -1.41. The fourth-order valence-electron chi connectivity index (χ4n) is 13.4. The first kappa shape index (κ1) is 83.7. The standard InChI is InChI=1S/C76H146O13/c1-5-9-13-17-21-25-29-33-37-41-45-49-53-57-63(58-54-50-46-42-38-34-30-26-22-18-14-10-6-2)73(83)85-61-65-67(77)69(79)71(81)75(87-65)89-76-72(82)70(80)68(78)66(88-76)62-86-74(84)64(59-55-51-47-43-39-35-31-27-23-19-15-11-7-3)60-56-52-48-44-40-36-32-28-24-20-16-12-8-4/h63-72,75-82H,5-62H2,1-4H3/t65?,66?,67-,68-,69+,70+,71?,72?,75-,76-/m1/s1. The van der Waals surface area contributed by atoms with Crippen LogP contribution in [0.15, 0.2) is 0 Å². The lowest BCUT2D eigenvalue weighted by molar-refractivity contribution is -0.376. The van der Waals surface area contributed by atoms with E-state index in [0.29, 0.717) is 25.7 Å². The Balaban J connectivity index is 1.98. The van der Waals surface area contributed by atoms with Crippen LogP contribution in [0.1, 0.15) is 387 Å². The maximum atomic E-state index is 13.9. The number of esters is 2. The molecular weight excluding hydrogens is 1120 g/mol. The first-order valence-corrected chi connectivity index (χ1v) is 38.9. The predicted octanol–water partition coefficient (Wildman–Crippen LogP) is 18.9. The summed E-state index contributed by atoms with van der Waals surface area (Å²) >= 11 is 0. The van der Waals surface area contributed by atoms with Crippen LogP contribution in [0.4, 0.5) is 0 Å². The molecule has 13 heteroatoms. The fourth-order valence-corrected chi connectivity index (χ4v) is 13.4. The molecule has 0 amide bonds. The Labute approximate surface area is 547 Å². The Hall–Kier alpha value is -1.42. The molecule has 6 N–H and O–H groups in total. The van der Waals surface area contributed by atoms with Gasteiger partial charge in [0.2, 0.25) is 0 Å². The second-order valence-electron chi connectivity index (χ2n) is 27.9. The quantitative estimate of drug-likeness (QED) is 0.0248. The minimum absolute atomic E-state index is 0.322. The lowest BCUT2D eigenvalue weighted by Gasteiger charge is -2.44. The van der Waals surface area contributed by atoms with Crippen LogP contribution < -0.4 is 0 Å². The largest absolute Gasteiger partial charge is 0.463 e. The van der Waals surface area contributed by atoms with Gasteiger partial charge in [-0.25, -0.2) is 0 Å². The van der Waals surface area contributed by atoms with Gasteiger partial charge in [0.1, 0.15) is 62.0 Å².